The van der Waals surface area contributed by atoms with Crippen LogP contribution >= 0.6 is 0 Å². The highest BCUT2D eigenvalue weighted by atomic mass is 16.5. The molecule has 0 unspecified atom stereocenters. The fourth-order valence-corrected chi connectivity index (χ4v) is 1.53. The predicted molar refractivity (Wildman–Crippen MR) is 82.9 cm³/mol. The van der Waals surface area contributed by atoms with Gasteiger partial charge in [0.05, 0.1) is 33.0 Å². The zero-order valence-electron chi connectivity index (χ0n) is 13.0. The Bertz CT molecular complexity index is 216. The van der Waals surface area contributed by atoms with E-state index in [-0.39, 0.29) is 0 Å². The highest BCUT2D eigenvalue weighted by Gasteiger charge is 1.92. The lowest BCUT2D eigenvalue weighted by Crippen LogP contribution is -2.21. The summed E-state index contributed by atoms with van der Waals surface area (Å²) in [4.78, 5) is 0. The van der Waals surface area contributed by atoms with Crippen molar-refractivity contribution in [2.24, 2.45) is 0 Å². The van der Waals surface area contributed by atoms with Gasteiger partial charge in [0.25, 0.3) is 0 Å². The maximum absolute atomic E-state index is 5.45. The van der Waals surface area contributed by atoms with Gasteiger partial charge >= 0.3 is 0 Å². The summed E-state index contributed by atoms with van der Waals surface area (Å²) in [5, 5.41) is 3.32. The molecule has 0 aliphatic carbocycles. The Morgan fingerprint density at radius 2 is 1.45 bits per heavy atom. The molecule has 118 valence electrons. The quantitative estimate of drug-likeness (QED) is 0.349. The molecule has 20 heavy (non-hydrogen) atoms. The summed E-state index contributed by atoms with van der Waals surface area (Å²) in [5.74, 6) is 2.64. The van der Waals surface area contributed by atoms with Crippen molar-refractivity contribution in [3.63, 3.8) is 0 Å². The summed E-state index contributed by atoms with van der Waals surface area (Å²) in [5.41, 5.74) is 0. The zero-order valence-corrected chi connectivity index (χ0v) is 13.0. The van der Waals surface area contributed by atoms with Gasteiger partial charge < -0.3 is 19.5 Å². The molecular weight excluding hydrogens is 254 g/mol. The third kappa shape index (κ3) is 17.4. The minimum Gasteiger partial charge on any atom is -0.379 e. The molecule has 0 aromatic heterocycles. The van der Waals surface area contributed by atoms with E-state index in [0.29, 0.717) is 26.4 Å². The van der Waals surface area contributed by atoms with Crippen LogP contribution in [0.1, 0.15) is 39.0 Å². The SMILES string of the molecule is C#CCCCCNCCOCCOCCOCCCC. The van der Waals surface area contributed by atoms with Gasteiger partial charge in [-0.2, -0.15) is 0 Å². The number of rotatable bonds is 16. The molecule has 0 aliphatic rings. The van der Waals surface area contributed by atoms with Crippen molar-refractivity contribution in [2.75, 3.05) is 52.7 Å². The zero-order chi connectivity index (χ0) is 14.7. The normalized spacial score (nSPS) is 10.6. The van der Waals surface area contributed by atoms with Crippen molar-refractivity contribution in [1.29, 1.82) is 0 Å². The second-order valence-corrected chi connectivity index (χ2v) is 4.60. The summed E-state index contributed by atoms with van der Waals surface area (Å²) in [6.45, 7) is 8.23. The lowest BCUT2D eigenvalue weighted by molar-refractivity contribution is 0.0147. The first kappa shape index (κ1) is 19.4. The summed E-state index contributed by atoms with van der Waals surface area (Å²) < 4.78 is 16.2. The number of terminal acetylenes is 1. The molecule has 4 heteroatoms. The largest absolute Gasteiger partial charge is 0.379 e. The molecule has 0 atom stereocenters. The Balaban J connectivity index is 2.91. The van der Waals surface area contributed by atoms with Crippen LogP contribution < -0.4 is 5.32 Å². The van der Waals surface area contributed by atoms with E-state index < -0.39 is 0 Å². The molecule has 0 fully saturated rings. The van der Waals surface area contributed by atoms with Gasteiger partial charge in [-0.15, -0.1) is 12.3 Å². The molecule has 0 saturated carbocycles. The topological polar surface area (TPSA) is 39.7 Å². The molecule has 0 spiro atoms. The van der Waals surface area contributed by atoms with E-state index in [1.165, 1.54) is 6.42 Å². The van der Waals surface area contributed by atoms with Crippen LogP contribution in [-0.2, 0) is 14.2 Å². The van der Waals surface area contributed by atoms with E-state index in [1.54, 1.807) is 0 Å². The lowest BCUT2D eigenvalue weighted by Gasteiger charge is -2.07. The molecule has 4 nitrogen and oxygen atoms in total. The van der Waals surface area contributed by atoms with Gasteiger partial charge in [-0.05, 0) is 25.8 Å². The predicted octanol–water partition coefficient (Wildman–Crippen LogP) is 2.23. The van der Waals surface area contributed by atoms with Gasteiger partial charge in [0.15, 0.2) is 0 Å². The van der Waals surface area contributed by atoms with Crippen LogP contribution in [0.3, 0.4) is 0 Å². The molecule has 0 radical (unpaired) electrons. The van der Waals surface area contributed by atoms with Crippen molar-refractivity contribution < 1.29 is 14.2 Å². The molecule has 0 saturated heterocycles. The molecule has 0 bridgehead atoms. The molecular formula is C16H31NO3. The van der Waals surface area contributed by atoms with E-state index in [1.807, 2.05) is 0 Å². The third-order valence-electron chi connectivity index (χ3n) is 2.73. The Labute approximate surface area is 124 Å². The first-order chi connectivity index (χ1) is 9.91. The Morgan fingerprint density at radius 1 is 0.800 bits per heavy atom. The van der Waals surface area contributed by atoms with E-state index in [2.05, 4.69) is 18.2 Å². The Hall–Kier alpha value is -0.600. The number of hydrogen-bond donors (Lipinski definition) is 1. The second-order valence-electron chi connectivity index (χ2n) is 4.60. The standard InChI is InChI=1S/C16H31NO3/c1-3-5-7-8-9-17-10-12-19-14-16-20-15-13-18-11-6-4-2/h1,17H,4-16H2,2H3. The average molecular weight is 285 g/mol. The van der Waals surface area contributed by atoms with Crippen molar-refractivity contribution in [3.05, 3.63) is 0 Å². The molecule has 0 amide bonds. The summed E-state index contributed by atoms with van der Waals surface area (Å²) in [7, 11) is 0. The van der Waals surface area contributed by atoms with Crippen LogP contribution in [0.25, 0.3) is 0 Å². The molecule has 1 N–H and O–H groups in total. The smallest absolute Gasteiger partial charge is 0.0701 e. The monoisotopic (exact) mass is 285 g/mol. The third-order valence-corrected chi connectivity index (χ3v) is 2.73. The molecule has 0 aromatic rings. The number of hydrogen-bond acceptors (Lipinski definition) is 4. The van der Waals surface area contributed by atoms with E-state index >= 15 is 0 Å². The molecule has 0 heterocycles. The first-order valence-electron chi connectivity index (χ1n) is 7.79. The van der Waals surface area contributed by atoms with Crippen LogP contribution in [-0.4, -0.2) is 52.7 Å². The van der Waals surface area contributed by atoms with Gasteiger partial charge in [0.2, 0.25) is 0 Å². The fraction of sp³-hybridized carbons (Fsp3) is 0.875. The maximum atomic E-state index is 5.45. The van der Waals surface area contributed by atoms with Crippen LogP contribution in [0.4, 0.5) is 0 Å². The Kier molecular flexibility index (Phi) is 17.8. The van der Waals surface area contributed by atoms with Gasteiger partial charge in [0, 0.05) is 19.6 Å². The number of ether oxygens (including phenoxy) is 3. The van der Waals surface area contributed by atoms with Gasteiger partial charge in [-0.3, -0.25) is 0 Å². The molecule has 0 rings (SSSR count). The Morgan fingerprint density at radius 3 is 2.10 bits per heavy atom. The summed E-state index contributed by atoms with van der Waals surface area (Å²) >= 11 is 0. The fourth-order valence-electron chi connectivity index (χ4n) is 1.53. The van der Waals surface area contributed by atoms with Crippen molar-refractivity contribution in [2.45, 2.75) is 39.0 Å². The lowest BCUT2D eigenvalue weighted by atomic mass is 10.2. The van der Waals surface area contributed by atoms with Crippen LogP contribution in [0.15, 0.2) is 0 Å². The summed E-state index contributed by atoms with van der Waals surface area (Å²) in [6, 6.07) is 0. The number of nitrogens with one attached hydrogen (secondary N) is 1. The van der Waals surface area contributed by atoms with Crippen molar-refractivity contribution >= 4 is 0 Å². The minimum atomic E-state index is 0.638. The van der Waals surface area contributed by atoms with Crippen LogP contribution in [0, 0.1) is 12.3 Å². The van der Waals surface area contributed by atoms with E-state index in [4.69, 9.17) is 20.6 Å². The highest BCUT2D eigenvalue weighted by Crippen LogP contribution is 1.91. The molecule has 0 aliphatic heterocycles. The van der Waals surface area contributed by atoms with Gasteiger partial charge in [0.1, 0.15) is 0 Å². The average Bonchev–Trinajstić information content (AvgIpc) is 2.47. The van der Waals surface area contributed by atoms with Gasteiger partial charge in [-0.25, -0.2) is 0 Å². The summed E-state index contributed by atoms with van der Waals surface area (Å²) in [6.07, 6.45) is 10.6. The highest BCUT2D eigenvalue weighted by molar-refractivity contribution is 4.82. The maximum Gasteiger partial charge on any atom is 0.0701 e. The van der Waals surface area contributed by atoms with Crippen molar-refractivity contribution in [1.82, 2.24) is 5.32 Å². The van der Waals surface area contributed by atoms with E-state index in [9.17, 15) is 0 Å². The van der Waals surface area contributed by atoms with Gasteiger partial charge in [-0.1, -0.05) is 13.3 Å². The second kappa shape index (κ2) is 18.4. The number of unbranched alkanes of at least 4 members (excludes halogenated alkanes) is 3. The van der Waals surface area contributed by atoms with Crippen molar-refractivity contribution in [3.8, 4) is 12.3 Å². The van der Waals surface area contributed by atoms with Crippen LogP contribution in [0.2, 0.25) is 0 Å². The first-order valence-corrected chi connectivity index (χ1v) is 7.79. The van der Waals surface area contributed by atoms with Crippen LogP contribution in [0.5, 0.6) is 0 Å². The minimum absolute atomic E-state index is 0.638. The molecule has 0 aromatic carbocycles. The van der Waals surface area contributed by atoms with E-state index in [0.717, 1.165) is 52.0 Å².